The Morgan fingerprint density at radius 3 is 2.76 bits per heavy atom. The van der Waals surface area contributed by atoms with Gasteiger partial charge in [-0.2, -0.15) is 13.2 Å². The molecular formula is C14H16BrF3N2O. The van der Waals surface area contributed by atoms with Gasteiger partial charge in [-0.1, -0.05) is 15.9 Å². The number of hydrogen-bond acceptors (Lipinski definition) is 2. The molecule has 3 nitrogen and oxygen atoms in total. The Bertz CT molecular complexity index is 533. The molecule has 0 spiro atoms. The van der Waals surface area contributed by atoms with Gasteiger partial charge < -0.3 is 10.6 Å². The monoisotopic (exact) mass is 364 g/mol. The van der Waals surface area contributed by atoms with E-state index >= 15 is 0 Å². The van der Waals surface area contributed by atoms with Crippen LogP contribution in [0.25, 0.3) is 0 Å². The summed E-state index contributed by atoms with van der Waals surface area (Å²) in [6, 6.07) is 3.56. The Morgan fingerprint density at radius 1 is 1.43 bits per heavy atom. The molecule has 21 heavy (non-hydrogen) atoms. The van der Waals surface area contributed by atoms with Gasteiger partial charge in [-0.05, 0) is 44.5 Å². The van der Waals surface area contributed by atoms with Crippen molar-refractivity contribution in [3.8, 4) is 0 Å². The normalized spacial score (nSPS) is 22.9. The quantitative estimate of drug-likeness (QED) is 0.844. The fourth-order valence-electron chi connectivity index (χ4n) is 2.38. The summed E-state index contributed by atoms with van der Waals surface area (Å²) >= 11 is 2.86. The summed E-state index contributed by atoms with van der Waals surface area (Å²) in [5.41, 5.74) is -0.826. The average Bonchev–Trinajstić information content (AvgIpc) is 2.40. The first-order valence-electron chi connectivity index (χ1n) is 6.70. The molecule has 116 valence electrons. The summed E-state index contributed by atoms with van der Waals surface area (Å²) < 4.78 is 38.5. The van der Waals surface area contributed by atoms with E-state index in [-0.39, 0.29) is 22.1 Å². The number of benzene rings is 1. The SMILES string of the molecule is CC1NCCCC1NC(=O)c1ccc(Br)c(C(F)(F)F)c1. The smallest absolute Gasteiger partial charge is 0.348 e. The molecule has 1 aliphatic heterocycles. The van der Waals surface area contributed by atoms with Crippen molar-refractivity contribution in [3.05, 3.63) is 33.8 Å². The zero-order chi connectivity index (χ0) is 15.6. The number of carbonyl (C=O) groups is 1. The number of alkyl halides is 3. The Balaban J connectivity index is 2.16. The minimum Gasteiger partial charge on any atom is -0.348 e. The predicted molar refractivity (Wildman–Crippen MR) is 77.1 cm³/mol. The molecule has 2 atom stereocenters. The number of piperidine rings is 1. The third kappa shape index (κ3) is 3.97. The first-order chi connectivity index (χ1) is 9.79. The molecule has 1 fully saturated rings. The van der Waals surface area contributed by atoms with E-state index in [1.165, 1.54) is 12.1 Å². The number of carbonyl (C=O) groups excluding carboxylic acids is 1. The summed E-state index contributed by atoms with van der Waals surface area (Å²) in [6.45, 7) is 2.84. The highest BCUT2D eigenvalue weighted by molar-refractivity contribution is 9.10. The van der Waals surface area contributed by atoms with Crippen LogP contribution in [-0.4, -0.2) is 24.5 Å². The van der Waals surface area contributed by atoms with E-state index in [4.69, 9.17) is 0 Å². The van der Waals surface area contributed by atoms with Crippen molar-refractivity contribution in [2.24, 2.45) is 0 Å². The molecule has 2 N–H and O–H groups in total. The Labute approximate surface area is 129 Å². The van der Waals surface area contributed by atoms with Crippen LogP contribution in [0, 0.1) is 0 Å². The highest BCUT2D eigenvalue weighted by atomic mass is 79.9. The van der Waals surface area contributed by atoms with Crippen molar-refractivity contribution in [1.82, 2.24) is 10.6 Å². The summed E-state index contributed by atoms with van der Waals surface area (Å²) in [5.74, 6) is -0.478. The lowest BCUT2D eigenvalue weighted by Gasteiger charge is -2.30. The summed E-state index contributed by atoms with van der Waals surface area (Å²) in [7, 11) is 0. The first kappa shape index (κ1) is 16.3. The van der Waals surface area contributed by atoms with Crippen LogP contribution in [0.4, 0.5) is 13.2 Å². The fraction of sp³-hybridized carbons (Fsp3) is 0.500. The van der Waals surface area contributed by atoms with E-state index < -0.39 is 17.6 Å². The van der Waals surface area contributed by atoms with Gasteiger partial charge >= 0.3 is 6.18 Å². The molecule has 1 heterocycles. The lowest BCUT2D eigenvalue weighted by atomic mass is 9.99. The number of rotatable bonds is 2. The number of hydrogen-bond donors (Lipinski definition) is 2. The van der Waals surface area contributed by atoms with Gasteiger partial charge in [0.2, 0.25) is 0 Å². The van der Waals surface area contributed by atoms with Crippen molar-refractivity contribution < 1.29 is 18.0 Å². The van der Waals surface area contributed by atoms with Gasteiger partial charge in [0, 0.05) is 22.1 Å². The molecule has 1 aliphatic rings. The Kier molecular flexibility index (Phi) is 4.93. The first-order valence-corrected chi connectivity index (χ1v) is 7.49. The van der Waals surface area contributed by atoms with Crippen LogP contribution in [0.15, 0.2) is 22.7 Å². The molecule has 1 saturated heterocycles. The van der Waals surface area contributed by atoms with Crippen LogP contribution >= 0.6 is 15.9 Å². The molecule has 1 amide bonds. The summed E-state index contributed by atoms with van der Waals surface area (Å²) in [5, 5.41) is 6.03. The van der Waals surface area contributed by atoms with Gasteiger partial charge in [-0.3, -0.25) is 4.79 Å². The highest BCUT2D eigenvalue weighted by Gasteiger charge is 2.34. The zero-order valence-electron chi connectivity index (χ0n) is 11.4. The van der Waals surface area contributed by atoms with Gasteiger partial charge in [-0.15, -0.1) is 0 Å². The Morgan fingerprint density at radius 2 is 2.14 bits per heavy atom. The van der Waals surface area contributed by atoms with E-state index in [2.05, 4.69) is 26.6 Å². The average molecular weight is 365 g/mol. The van der Waals surface area contributed by atoms with Crippen LogP contribution < -0.4 is 10.6 Å². The van der Waals surface area contributed by atoms with E-state index in [0.717, 1.165) is 25.5 Å². The molecule has 7 heteroatoms. The molecule has 2 rings (SSSR count). The molecule has 1 aromatic rings. The topological polar surface area (TPSA) is 41.1 Å². The summed E-state index contributed by atoms with van der Waals surface area (Å²) in [4.78, 5) is 12.1. The van der Waals surface area contributed by atoms with E-state index in [9.17, 15) is 18.0 Å². The largest absolute Gasteiger partial charge is 0.417 e. The maximum absolute atomic E-state index is 12.8. The van der Waals surface area contributed by atoms with Gasteiger partial charge in [0.15, 0.2) is 0 Å². The number of halogens is 4. The van der Waals surface area contributed by atoms with Gasteiger partial charge in [0.05, 0.1) is 5.56 Å². The number of amides is 1. The third-order valence-electron chi connectivity index (χ3n) is 3.61. The molecule has 0 bridgehead atoms. The number of nitrogens with one attached hydrogen (secondary N) is 2. The van der Waals surface area contributed by atoms with Crippen molar-refractivity contribution in [2.45, 2.75) is 38.0 Å². The van der Waals surface area contributed by atoms with Gasteiger partial charge in [-0.25, -0.2) is 0 Å². The lowest BCUT2D eigenvalue weighted by molar-refractivity contribution is -0.138. The second-order valence-electron chi connectivity index (χ2n) is 5.16. The molecule has 0 saturated carbocycles. The minimum atomic E-state index is -4.49. The molecule has 1 aromatic carbocycles. The lowest BCUT2D eigenvalue weighted by Crippen LogP contribution is -2.51. The van der Waals surface area contributed by atoms with E-state index in [1.54, 1.807) is 0 Å². The third-order valence-corrected chi connectivity index (χ3v) is 4.30. The van der Waals surface area contributed by atoms with Crippen molar-refractivity contribution in [1.29, 1.82) is 0 Å². The fourth-order valence-corrected chi connectivity index (χ4v) is 2.85. The van der Waals surface area contributed by atoms with Crippen LogP contribution in [0.2, 0.25) is 0 Å². The van der Waals surface area contributed by atoms with Crippen LogP contribution in [-0.2, 0) is 6.18 Å². The summed E-state index contributed by atoms with van der Waals surface area (Å²) in [6.07, 6.45) is -2.74. The molecule has 0 radical (unpaired) electrons. The second kappa shape index (κ2) is 6.36. The van der Waals surface area contributed by atoms with E-state index in [1.807, 2.05) is 6.92 Å². The van der Waals surface area contributed by atoms with Crippen molar-refractivity contribution >= 4 is 21.8 Å². The van der Waals surface area contributed by atoms with Gasteiger partial charge in [0.1, 0.15) is 0 Å². The van der Waals surface area contributed by atoms with E-state index in [0.29, 0.717) is 0 Å². The van der Waals surface area contributed by atoms with Crippen LogP contribution in [0.1, 0.15) is 35.7 Å². The maximum atomic E-state index is 12.8. The molecular weight excluding hydrogens is 349 g/mol. The Hall–Kier alpha value is -1.08. The zero-order valence-corrected chi connectivity index (χ0v) is 13.0. The second-order valence-corrected chi connectivity index (χ2v) is 6.01. The maximum Gasteiger partial charge on any atom is 0.417 e. The van der Waals surface area contributed by atoms with Crippen LogP contribution in [0.3, 0.4) is 0 Å². The molecule has 2 unspecified atom stereocenters. The van der Waals surface area contributed by atoms with Crippen LogP contribution in [0.5, 0.6) is 0 Å². The van der Waals surface area contributed by atoms with Gasteiger partial charge in [0.25, 0.3) is 5.91 Å². The molecule has 0 aliphatic carbocycles. The molecule has 0 aromatic heterocycles. The van der Waals surface area contributed by atoms with Crippen molar-refractivity contribution in [2.75, 3.05) is 6.54 Å². The van der Waals surface area contributed by atoms with Crippen molar-refractivity contribution in [3.63, 3.8) is 0 Å². The standard InChI is InChI=1S/C14H16BrF3N2O/c1-8-12(3-2-6-19-8)20-13(21)9-4-5-11(15)10(7-9)14(16,17)18/h4-5,7-8,12,19H,2-3,6H2,1H3,(H,20,21). The minimum absolute atomic E-state index is 0.0169. The highest BCUT2D eigenvalue weighted by Crippen LogP contribution is 2.35. The predicted octanol–water partition coefficient (Wildman–Crippen LogP) is 3.34.